The van der Waals surface area contributed by atoms with Crippen molar-refractivity contribution in [2.24, 2.45) is 0 Å². The maximum Gasteiger partial charge on any atom is 0.244 e. The lowest BCUT2D eigenvalue weighted by molar-refractivity contribution is -0.140. The van der Waals surface area contributed by atoms with Gasteiger partial charge in [-0.25, -0.2) is 8.42 Å². The van der Waals surface area contributed by atoms with Gasteiger partial charge in [0.25, 0.3) is 0 Å². The van der Waals surface area contributed by atoms with Gasteiger partial charge in [0.05, 0.1) is 11.9 Å². The third-order valence-corrected chi connectivity index (χ3v) is 7.94. The molecule has 3 rings (SSSR count). The van der Waals surface area contributed by atoms with Crippen LogP contribution in [0.15, 0.2) is 72.8 Å². The van der Waals surface area contributed by atoms with Crippen LogP contribution >= 0.6 is 11.6 Å². The smallest absolute Gasteiger partial charge is 0.244 e. The van der Waals surface area contributed by atoms with Crippen LogP contribution in [0.5, 0.6) is 0 Å². The molecule has 2 amide bonds. The second kappa shape index (κ2) is 13.6. The Balaban J connectivity index is 2.04. The van der Waals surface area contributed by atoms with Gasteiger partial charge in [0.1, 0.15) is 12.6 Å². The number of rotatable bonds is 12. The van der Waals surface area contributed by atoms with Gasteiger partial charge >= 0.3 is 0 Å². The average Bonchev–Trinajstić information content (AvgIpc) is 2.90. The van der Waals surface area contributed by atoms with Gasteiger partial charge < -0.3 is 10.2 Å². The number of aryl methyl sites for hydroxylation is 2. The number of nitrogens with zero attached hydrogens (tertiary/aromatic N) is 2. The fourth-order valence-corrected chi connectivity index (χ4v) is 5.17. The zero-order valence-electron chi connectivity index (χ0n) is 22.9. The fourth-order valence-electron chi connectivity index (χ4n) is 4.20. The van der Waals surface area contributed by atoms with E-state index in [0.717, 1.165) is 39.2 Å². The molecule has 1 atom stereocenters. The summed E-state index contributed by atoms with van der Waals surface area (Å²) in [6, 6.07) is 20.9. The number of anilines is 1. The SMILES string of the molecule is CCCNC(=O)[C@@H](Cc1ccccc1)N(Cc1ccc(Cl)cc1)C(=O)CN(c1ccc(C)c(C)c1)S(C)(=O)=O. The van der Waals surface area contributed by atoms with Crippen molar-refractivity contribution < 1.29 is 18.0 Å². The van der Waals surface area contributed by atoms with Crippen molar-refractivity contribution in [3.63, 3.8) is 0 Å². The Hall–Kier alpha value is -3.36. The molecule has 0 spiro atoms. The zero-order chi connectivity index (χ0) is 28.6. The van der Waals surface area contributed by atoms with E-state index in [0.29, 0.717) is 17.3 Å². The lowest BCUT2D eigenvalue weighted by Gasteiger charge is -2.33. The zero-order valence-corrected chi connectivity index (χ0v) is 24.4. The van der Waals surface area contributed by atoms with E-state index in [2.05, 4.69) is 5.32 Å². The monoisotopic (exact) mass is 569 g/mol. The first-order valence-corrected chi connectivity index (χ1v) is 15.1. The van der Waals surface area contributed by atoms with Gasteiger partial charge in [-0.3, -0.25) is 13.9 Å². The van der Waals surface area contributed by atoms with Gasteiger partial charge in [0.15, 0.2) is 0 Å². The largest absolute Gasteiger partial charge is 0.354 e. The fraction of sp³-hybridized carbons (Fsp3) is 0.333. The maximum absolute atomic E-state index is 14.0. The van der Waals surface area contributed by atoms with Crippen LogP contribution in [-0.2, 0) is 32.6 Å². The van der Waals surface area contributed by atoms with E-state index in [-0.39, 0.29) is 18.9 Å². The topological polar surface area (TPSA) is 86.8 Å². The third-order valence-electron chi connectivity index (χ3n) is 6.54. The Morgan fingerprint density at radius 2 is 1.59 bits per heavy atom. The normalized spacial score (nSPS) is 12.0. The molecule has 0 aliphatic heterocycles. The summed E-state index contributed by atoms with van der Waals surface area (Å²) >= 11 is 6.08. The molecule has 0 saturated carbocycles. The average molecular weight is 570 g/mol. The molecule has 0 radical (unpaired) electrons. The molecule has 0 saturated heterocycles. The number of benzene rings is 3. The molecule has 39 heavy (non-hydrogen) atoms. The van der Waals surface area contributed by atoms with E-state index in [1.54, 1.807) is 36.4 Å². The summed E-state index contributed by atoms with van der Waals surface area (Å²) in [5.74, 6) is -0.777. The second-order valence-electron chi connectivity index (χ2n) is 9.68. The molecular weight excluding hydrogens is 534 g/mol. The highest BCUT2D eigenvalue weighted by Crippen LogP contribution is 2.23. The minimum Gasteiger partial charge on any atom is -0.354 e. The van der Waals surface area contributed by atoms with Gasteiger partial charge in [-0.15, -0.1) is 0 Å². The van der Waals surface area contributed by atoms with E-state index in [1.807, 2.05) is 57.2 Å². The lowest BCUT2D eigenvalue weighted by atomic mass is 10.0. The molecule has 0 fully saturated rings. The number of halogens is 1. The van der Waals surface area contributed by atoms with E-state index in [9.17, 15) is 18.0 Å². The summed E-state index contributed by atoms with van der Waals surface area (Å²) < 4.78 is 26.9. The predicted molar refractivity (Wildman–Crippen MR) is 157 cm³/mol. The van der Waals surface area contributed by atoms with E-state index in [1.165, 1.54) is 4.90 Å². The van der Waals surface area contributed by atoms with E-state index >= 15 is 0 Å². The number of carbonyl (C=O) groups is 2. The highest BCUT2D eigenvalue weighted by Gasteiger charge is 2.33. The van der Waals surface area contributed by atoms with Crippen LogP contribution < -0.4 is 9.62 Å². The summed E-state index contributed by atoms with van der Waals surface area (Å²) in [6.07, 6.45) is 2.09. The summed E-state index contributed by atoms with van der Waals surface area (Å²) in [6.45, 7) is 5.91. The molecule has 9 heteroatoms. The minimum absolute atomic E-state index is 0.109. The molecule has 3 aromatic carbocycles. The third kappa shape index (κ3) is 8.57. The van der Waals surface area contributed by atoms with Gasteiger partial charge in [-0.2, -0.15) is 0 Å². The van der Waals surface area contributed by atoms with Crippen molar-refractivity contribution in [3.8, 4) is 0 Å². The molecule has 7 nitrogen and oxygen atoms in total. The number of carbonyl (C=O) groups excluding carboxylic acids is 2. The van der Waals surface area contributed by atoms with Crippen molar-refractivity contribution in [2.75, 3.05) is 23.7 Å². The van der Waals surface area contributed by atoms with Crippen molar-refractivity contribution >= 4 is 39.1 Å². The Morgan fingerprint density at radius 1 is 0.923 bits per heavy atom. The van der Waals surface area contributed by atoms with Crippen LogP contribution in [-0.4, -0.2) is 50.5 Å². The number of nitrogens with one attached hydrogen (secondary N) is 1. The van der Waals surface area contributed by atoms with Crippen LogP contribution in [0.4, 0.5) is 5.69 Å². The van der Waals surface area contributed by atoms with Gasteiger partial charge in [0, 0.05) is 24.5 Å². The van der Waals surface area contributed by atoms with Crippen LogP contribution in [0.25, 0.3) is 0 Å². The van der Waals surface area contributed by atoms with Crippen molar-refractivity contribution in [2.45, 2.75) is 46.2 Å². The quantitative estimate of drug-likeness (QED) is 0.336. The van der Waals surface area contributed by atoms with Gasteiger partial charge in [-0.05, 0) is 66.8 Å². The number of hydrogen-bond donors (Lipinski definition) is 1. The van der Waals surface area contributed by atoms with Crippen LogP contribution in [0.3, 0.4) is 0 Å². The second-order valence-corrected chi connectivity index (χ2v) is 12.0. The summed E-state index contributed by atoms with van der Waals surface area (Å²) in [7, 11) is -3.81. The number of amides is 2. The van der Waals surface area contributed by atoms with Crippen LogP contribution in [0, 0.1) is 13.8 Å². The predicted octanol–water partition coefficient (Wildman–Crippen LogP) is 4.89. The van der Waals surface area contributed by atoms with Crippen molar-refractivity contribution in [3.05, 3.63) is 100 Å². The standard InChI is InChI=1S/C30H36ClN3O4S/c1-5-17-32-30(36)28(19-24-9-7-6-8-10-24)33(20-25-12-14-26(31)15-13-25)29(35)21-34(39(4,37)38)27-16-11-22(2)23(3)18-27/h6-16,18,28H,5,17,19-21H2,1-4H3,(H,32,36)/t28-/m1/s1. The molecule has 3 aromatic rings. The Bertz CT molecular complexity index is 1380. The molecular formula is C30H36ClN3O4S. The Labute approximate surface area is 236 Å². The number of sulfonamides is 1. The minimum atomic E-state index is -3.81. The van der Waals surface area contributed by atoms with Crippen molar-refractivity contribution in [1.82, 2.24) is 10.2 Å². The van der Waals surface area contributed by atoms with E-state index < -0.39 is 28.5 Å². The number of hydrogen-bond acceptors (Lipinski definition) is 4. The molecule has 1 N–H and O–H groups in total. The van der Waals surface area contributed by atoms with Gasteiger partial charge in [-0.1, -0.05) is 67.1 Å². The first-order valence-electron chi connectivity index (χ1n) is 12.9. The summed E-state index contributed by atoms with van der Waals surface area (Å²) in [5.41, 5.74) is 3.98. The molecule has 208 valence electrons. The Kier molecular flexibility index (Phi) is 10.5. The van der Waals surface area contributed by atoms with Crippen LogP contribution in [0.2, 0.25) is 5.02 Å². The molecule has 0 aromatic heterocycles. The molecule has 0 unspecified atom stereocenters. The Morgan fingerprint density at radius 3 is 2.18 bits per heavy atom. The van der Waals surface area contributed by atoms with E-state index in [4.69, 9.17) is 11.6 Å². The highest BCUT2D eigenvalue weighted by atomic mass is 35.5. The highest BCUT2D eigenvalue weighted by molar-refractivity contribution is 7.92. The molecule has 0 aliphatic carbocycles. The van der Waals surface area contributed by atoms with Crippen molar-refractivity contribution in [1.29, 1.82) is 0 Å². The lowest BCUT2D eigenvalue weighted by Crippen LogP contribution is -2.53. The molecule has 0 bridgehead atoms. The maximum atomic E-state index is 14.0. The molecule has 0 heterocycles. The molecule has 0 aliphatic rings. The van der Waals surface area contributed by atoms with Gasteiger partial charge in [0.2, 0.25) is 21.8 Å². The first kappa shape index (κ1) is 30.2. The first-order chi connectivity index (χ1) is 18.5. The summed E-state index contributed by atoms with van der Waals surface area (Å²) in [5, 5.41) is 3.48. The van der Waals surface area contributed by atoms with Crippen LogP contribution in [0.1, 0.15) is 35.6 Å². The summed E-state index contributed by atoms with van der Waals surface area (Å²) in [4.78, 5) is 29.0.